The highest BCUT2D eigenvalue weighted by atomic mass is 35.5. The topological polar surface area (TPSA) is 59.4 Å². The number of carboxylic acid groups (broad SMARTS) is 1. The molecule has 0 atom stereocenters. The Morgan fingerprint density at radius 2 is 2.17 bits per heavy atom. The van der Waals surface area contributed by atoms with Gasteiger partial charge < -0.3 is 9.84 Å². The van der Waals surface area contributed by atoms with Crippen LogP contribution in [0, 0.1) is 0 Å². The summed E-state index contributed by atoms with van der Waals surface area (Å²) in [7, 11) is 0. The summed E-state index contributed by atoms with van der Waals surface area (Å²) in [6.45, 7) is 0.220. The van der Waals surface area contributed by atoms with E-state index >= 15 is 0 Å². The van der Waals surface area contributed by atoms with Crippen LogP contribution < -0.4 is 4.74 Å². The molecule has 1 N–H and O–H groups in total. The molecule has 1 heterocycles. The Balaban J connectivity index is 2.13. The van der Waals surface area contributed by atoms with E-state index in [1.807, 2.05) is 6.07 Å². The van der Waals surface area contributed by atoms with Crippen LogP contribution in [0.1, 0.15) is 15.9 Å². The molecule has 1 aromatic carbocycles. The van der Waals surface area contributed by atoms with Crippen molar-refractivity contribution < 1.29 is 14.6 Å². The molecule has 2 aromatic rings. The van der Waals surface area contributed by atoms with Gasteiger partial charge in [-0.25, -0.2) is 9.78 Å². The van der Waals surface area contributed by atoms with Crippen LogP contribution in [-0.4, -0.2) is 16.1 Å². The van der Waals surface area contributed by atoms with Crippen molar-refractivity contribution in [1.82, 2.24) is 4.98 Å². The van der Waals surface area contributed by atoms with E-state index in [4.69, 9.17) is 21.4 Å². The smallest absolute Gasteiger partial charge is 0.341 e. The minimum atomic E-state index is -1.07. The maximum Gasteiger partial charge on any atom is 0.341 e. The van der Waals surface area contributed by atoms with Crippen molar-refractivity contribution in [1.29, 1.82) is 0 Å². The van der Waals surface area contributed by atoms with Gasteiger partial charge in [-0.1, -0.05) is 23.7 Å². The van der Waals surface area contributed by atoms with E-state index in [1.165, 1.54) is 12.3 Å². The van der Waals surface area contributed by atoms with Gasteiger partial charge in [-0.15, -0.1) is 0 Å². The maximum absolute atomic E-state index is 10.9. The van der Waals surface area contributed by atoms with Gasteiger partial charge in [0.15, 0.2) is 0 Å². The lowest BCUT2D eigenvalue weighted by Gasteiger charge is -2.07. The summed E-state index contributed by atoms with van der Waals surface area (Å²) in [5, 5.41) is 9.57. The third kappa shape index (κ3) is 2.99. The van der Waals surface area contributed by atoms with Crippen LogP contribution in [0.5, 0.6) is 5.88 Å². The van der Waals surface area contributed by atoms with Crippen LogP contribution in [0.4, 0.5) is 0 Å². The van der Waals surface area contributed by atoms with Crippen LogP contribution in [-0.2, 0) is 6.61 Å². The molecule has 0 aliphatic carbocycles. The van der Waals surface area contributed by atoms with Gasteiger partial charge in [0, 0.05) is 11.2 Å². The number of pyridine rings is 1. The molecule has 0 saturated heterocycles. The number of aromatic carboxylic acids is 1. The maximum atomic E-state index is 10.9. The second-order valence-electron chi connectivity index (χ2n) is 3.58. The quantitative estimate of drug-likeness (QED) is 0.921. The molecule has 0 amide bonds. The van der Waals surface area contributed by atoms with Gasteiger partial charge in [0.2, 0.25) is 5.88 Å². The average molecular weight is 264 g/mol. The molecule has 4 nitrogen and oxygen atoms in total. The van der Waals surface area contributed by atoms with E-state index < -0.39 is 5.97 Å². The number of ether oxygens (including phenoxy) is 1. The van der Waals surface area contributed by atoms with Gasteiger partial charge in [0.1, 0.15) is 12.2 Å². The van der Waals surface area contributed by atoms with Gasteiger partial charge in [0.05, 0.1) is 0 Å². The summed E-state index contributed by atoms with van der Waals surface area (Å²) < 4.78 is 5.39. The molecule has 0 aliphatic heterocycles. The molecule has 0 fully saturated rings. The minimum absolute atomic E-state index is 0.0412. The number of rotatable bonds is 4. The zero-order valence-electron chi connectivity index (χ0n) is 9.34. The fourth-order valence-corrected chi connectivity index (χ4v) is 1.66. The zero-order chi connectivity index (χ0) is 13.0. The highest BCUT2D eigenvalue weighted by Crippen LogP contribution is 2.17. The van der Waals surface area contributed by atoms with E-state index in [-0.39, 0.29) is 18.1 Å². The van der Waals surface area contributed by atoms with Crippen LogP contribution >= 0.6 is 11.6 Å². The molecule has 5 heteroatoms. The van der Waals surface area contributed by atoms with Crippen molar-refractivity contribution in [3.05, 3.63) is 58.7 Å². The number of carbonyl (C=O) groups is 1. The predicted molar refractivity (Wildman–Crippen MR) is 67.0 cm³/mol. The Bertz CT molecular complexity index is 572. The lowest BCUT2D eigenvalue weighted by atomic mass is 10.2. The van der Waals surface area contributed by atoms with E-state index in [1.54, 1.807) is 24.3 Å². The van der Waals surface area contributed by atoms with E-state index in [2.05, 4.69) is 4.98 Å². The first-order valence-electron chi connectivity index (χ1n) is 5.22. The molecule has 1 aromatic heterocycles. The second kappa shape index (κ2) is 5.51. The van der Waals surface area contributed by atoms with E-state index in [0.29, 0.717) is 5.02 Å². The molecule has 2 rings (SSSR count). The third-order valence-electron chi connectivity index (χ3n) is 2.27. The van der Waals surface area contributed by atoms with Crippen LogP contribution in [0.15, 0.2) is 42.6 Å². The fourth-order valence-electron chi connectivity index (χ4n) is 1.45. The standard InChI is InChI=1S/C13H10ClNO3/c14-10-4-1-3-9(7-10)8-18-12-11(13(16)17)5-2-6-15-12/h1-7H,8H2,(H,16,17). The first-order chi connectivity index (χ1) is 8.66. The largest absolute Gasteiger partial charge is 0.477 e. The molecule has 0 radical (unpaired) electrons. The first-order valence-corrected chi connectivity index (χ1v) is 5.60. The molecule has 0 aliphatic rings. The number of carboxylic acids is 1. The third-order valence-corrected chi connectivity index (χ3v) is 2.50. The zero-order valence-corrected chi connectivity index (χ0v) is 10.1. The molecule has 0 spiro atoms. The highest BCUT2D eigenvalue weighted by molar-refractivity contribution is 6.30. The van der Waals surface area contributed by atoms with Crippen LogP contribution in [0.2, 0.25) is 5.02 Å². The van der Waals surface area contributed by atoms with E-state index in [9.17, 15) is 4.79 Å². The Kier molecular flexibility index (Phi) is 3.79. The Morgan fingerprint density at radius 1 is 1.33 bits per heavy atom. The fraction of sp³-hybridized carbons (Fsp3) is 0.0769. The van der Waals surface area contributed by atoms with Crippen molar-refractivity contribution in [2.24, 2.45) is 0 Å². The molecule has 18 heavy (non-hydrogen) atoms. The summed E-state index contributed by atoms with van der Waals surface area (Å²) >= 11 is 5.84. The average Bonchev–Trinajstić information content (AvgIpc) is 2.37. The van der Waals surface area contributed by atoms with Crippen molar-refractivity contribution in [3.8, 4) is 5.88 Å². The summed E-state index contributed by atoms with van der Waals surface area (Å²) in [4.78, 5) is 14.8. The summed E-state index contributed by atoms with van der Waals surface area (Å²) in [6.07, 6.45) is 1.49. The Morgan fingerprint density at radius 3 is 2.89 bits per heavy atom. The SMILES string of the molecule is O=C(O)c1cccnc1OCc1cccc(Cl)c1. The normalized spacial score (nSPS) is 10.1. The summed E-state index contributed by atoms with van der Waals surface area (Å²) in [6, 6.07) is 10.2. The summed E-state index contributed by atoms with van der Waals surface area (Å²) in [5.41, 5.74) is 0.893. The number of halogens is 1. The lowest BCUT2D eigenvalue weighted by Crippen LogP contribution is -2.04. The van der Waals surface area contributed by atoms with Gasteiger partial charge >= 0.3 is 5.97 Å². The lowest BCUT2D eigenvalue weighted by molar-refractivity contribution is 0.0690. The number of hydrogen-bond donors (Lipinski definition) is 1. The molecular formula is C13H10ClNO3. The van der Waals surface area contributed by atoms with Gasteiger partial charge in [0.25, 0.3) is 0 Å². The van der Waals surface area contributed by atoms with Crippen LogP contribution in [0.3, 0.4) is 0 Å². The molecule has 92 valence electrons. The summed E-state index contributed by atoms with van der Waals surface area (Å²) in [5.74, 6) is -0.964. The van der Waals surface area contributed by atoms with E-state index in [0.717, 1.165) is 5.56 Å². The van der Waals surface area contributed by atoms with Crippen molar-refractivity contribution in [3.63, 3.8) is 0 Å². The highest BCUT2D eigenvalue weighted by Gasteiger charge is 2.11. The Labute approximate surface area is 109 Å². The minimum Gasteiger partial charge on any atom is -0.477 e. The van der Waals surface area contributed by atoms with Gasteiger partial charge in [-0.2, -0.15) is 0 Å². The van der Waals surface area contributed by atoms with Gasteiger partial charge in [-0.05, 0) is 29.8 Å². The number of nitrogens with zero attached hydrogens (tertiary/aromatic N) is 1. The van der Waals surface area contributed by atoms with Crippen LogP contribution in [0.25, 0.3) is 0 Å². The first kappa shape index (κ1) is 12.4. The predicted octanol–water partition coefficient (Wildman–Crippen LogP) is 3.01. The molecule has 0 bridgehead atoms. The number of hydrogen-bond acceptors (Lipinski definition) is 3. The number of aromatic nitrogens is 1. The molecular weight excluding hydrogens is 254 g/mol. The van der Waals surface area contributed by atoms with Gasteiger partial charge in [-0.3, -0.25) is 0 Å². The second-order valence-corrected chi connectivity index (χ2v) is 4.02. The van der Waals surface area contributed by atoms with Crippen molar-refractivity contribution >= 4 is 17.6 Å². The monoisotopic (exact) mass is 263 g/mol. The number of benzene rings is 1. The molecule has 0 unspecified atom stereocenters. The van der Waals surface area contributed by atoms with Crippen molar-refractivity contribution in [2.75, 3.05) is 0 Å². The molecule has 0 saturated carbocycles. The van der Waals surface area contributed by atoms with Crippen molar-refractivity contribution in [2.45, 2.75) is 6.61 Å². The Hall–Kier alpha value is -2.07.